The van der Waals surface area contributed by atoms with E-state index >= 15 is 0 Å². The molecule has 0 unspecified atom stereocenters. The Morgan fingerprint density at radius 2 is 1.67 bits per heavy atom. The number of fused-ring (bicyclic) bond motifs is 1. The minimum atomic E-state index is -0.390. The number of nitrogens with zero attached hydrogens (tertiary/aromatic N) is 2. The van der Waals surface area contributed by atoms with Gasteiger partial charge >= 0.3 is 0 Å². The third-order valence-corrected chi connectivity index (χ3v) is 4.15. The van der Waals surface area contributed by atoms with Gasteiger partial charge in [0.25, 0.3) is 5.69 Å². The van der Waals surface area contributed by atoms with Crippen LogP contribution < -0.4 is 0 Å². The van der Waals surface area contributed by atoms with Gasteiger partial charge in [0, 0.05) is 29.6 Å². The topological polar surface area (TPSA) is 56.0 Å². The number of nitro groups is 1. The third kappa shape index (κ3) is 3.43. The van der Waals surface area contributed by atoms with Crippen LogP contribution in [0.3, 0.4) is 0 Å². The molecule has 2 aromatic carbocycles. The first-order chi connectivity index (χ1) is 11.3. The van der Waals surface area contributed by atoms with Gasteiger partial charge in [-0.1, -0.05) is 51.1 Å². The summed E-state index contributed by atoms with van der Waals surface area (Å²) in [6.07, 6.45) is 0.711. The van der Waals surface area contributed by atoms with Crippen molar-refractivity contribution in [1.82, 2.24) is 4.98 Å². The van der Waals surface area contributed by atoms with Crippen molar-refractivity contribution in [3.8, 4) is 0 Å². The molecule has 1 aromatic heterocycles. The number of hydrogen-bond acceptors (Lipinski definition) is 3. The molecule has 0 aliphatic rings. The van der Waals surface area contributed by atoms with Crippen LogP contribution in [0.4, 0.5) is 5.69 Å². The molecule has 0 amide bonds. The summed E-state index contributed by atoms with van der Waals surface area (Å²) >= 11 is 0. The van der Waals surface area contributed by atoms with Crippen molar-refractivity contribution in [3.05, 3.63) is 81.5 Å². The molecule has 0 N–H and O–H groups in total. The van der Waals surface area contributed by atoms with E-state index in [0.29, 0.717) is 11.9 Å². The summed E-state index contributed by atoms with van der Waals surface area (Å²) < 4.78 is 0. The molecule has 0 aliphatic heterocycles. The summed E-state index contributed by atoms with van der Waals surface area (Å²) in [4.78, 5) is 15.1. The fourth-order valence-electron chi connectivity index (χ4n) is 2.69. The molecule has 0 saturated heterocycles. The fourth-order valence-corrected chi connectivity index (χ4v) is 2.69. The van der Waals surface area contributed by atoms with Crippen molar-refractivity contribution in [2.75, 3.05) is 0 Å². The number of benzene rings is 2. The quantitative estimate of drug-likeness (QED) is 0.502. The van der Waals surface area contributed by atoms with Crippen molar-refractivity contribution < 1.29 is 4.92 Å². The van der Waals surface area contributed by atoms with Crippen LogP contribution in [0.2, 0.25) is 0 Å². The van der Waals surface area contributed by atoms with Crippen LogP contribution in [-0.4, -0.2) is 9.91 Å². The van der Waals surface area contributed by atoms with Gasteiger partial charge in [-0.15, -0.1) is 0 Å². The Balaban J connectivity index is 1.88. The number of rotatable bonds is 3. The average molecular weight is 320 g/mol. The van der Waals surface area contributed by atoms with E-state index in [1.54, 1.807) is 6.07 Å². The summed E-state index contributed by atoms with van der Waals surface area (Å²) in [7, 11) is 0. The maximum absolute atomic E-state index is 10.9. The summed E-state index contributed by atoms with van der Waals surface area (Å²) in [5.74, 6) is 0. The van der Waals surface area contributed by atoms with E-state index in [0.717, 1.165) is 11.1 Å². The van der Waals surface area contributed by atoms with E-state index in [2.05, 4.69) is 50.0 Å². The highest BCUT2D eigenvalue weighted by Gasteiger charge is 2.13. The second kappa shape index (κ2) is 6.04. The zero-order valence-corrected chi connectivity index (χ0v) is 14.1. The first kappa shape index (κ1) is 16.1. The van der Waals surface area contributed by atoms with Gasteiger partial charge in [-0.2, -0.15) is 0 Å². The van der Waals surface area contributed by atoms with Crippen molar-refractivity contribution >= 4 is 16.6 Å². The van der Waals surface area contributed by atoms with Crippen molar-refractivity contribution in [2.24, 2.45) is 0 Å². The first-order valence-electron chi connectivity index (χ1n) is 7.96. The molecule has 0 spiro atoms. The van der Waals surface area contributed by atoms with Crippen LogP contribution in [-0.2, 0) is 11.8 Å². The van der Waals surface area contributed by atoms with E-state index in [1.807, 2.05) is 12.1 Å². The van der Waals surface area contributed by atoms with E-state index in [1.165, 1.54) is 23.3 Å². The molecular formula is C20H20N2O2. The molecule has 0 saturated carbocycles. The lowest BCUT2D eigenvalue weighted by molar-refractivity contribution is -0.384. The maximum atomic E-state index is 10.9. The van der Waals surface area contributed by atoms with Crippen molar-refractivity contribution in [1.29, 1.82) is 0 Å². The molecule has 0 radical (unpaired) electrons. The van der Waals surface area contributed by atoms with E-state index in [-0.39, 0.29) is 16.0 Å². The van der Waals surface area contributed by atoms with Gasteiger partial charge in [-0.3, -0.25) is 15.1 Å². The molecule has 0 fully saturated rings. The SMILES string of the molecule is CC(C)(C)c1ccc(Cc2ccc3ccc([N+](=O)[O-])cc3n2)cc1. The van der Waals surface area contributed by atoms with Gasteiger partial charge in [-0.05, 0) is 28.7 Å². The van der Waals surface area contributed by atoms with Crippen molar-refractivity contribution in [2.45, 2.75) is 32.6 Å². The predicted octanol–water partition coefficient (Wildman–Crippen LogP) is 5.03. The van der Waals surface area contributed by atoms with E-state index in [9.17, 15) is 10.1 Å². The van der Waals surface area contributed by atoms with Gasteiger partial charge < -0.3 is 0 Å². The van der Waals surface area contributed by atoms with Crippen LogP contribution in [0.25, 0.3) is 10.9 Å². The number of non-ortho nitro benzene ring substituents is 1. The predicted molar refractivity (Wildman–Crippen MR) is 96.3 cm³/mol. The Kier molecular flexibility index (Phi) is 4.06. The van der Waals surface area contributed by atoms with Crippen LogP contribution in [0.1, 0.15) is 37.6 Å². The van der Waals surface area contributed by atoms with Gasteiger partial charge in [0.15, 0.2) is 0 Å². The van der Waals surface area contributed by atoms with Gasteiger partial charge in [0.1, 0.15) is 0 Å². The van der Waals surface area contributed by atoms with E-state index < -0.39 is 0 Å². The zero-order valence-electron chi connectivity index (χ0n) is 14.1. The lowest BCUT2D eigenvalue weighted by Gasteiger charge is -2.19. The largest absolute Gasteiger partial charge is 0.271 e. The first-order valence-corrected chi connectivity index (χ1v) is 7.96. The molecule has 3 rings (SSSR count). The Bertz CT molecular complexity index is 894. The fraction of sp³-hybridized carbons (Fsp3) is 0.250. The Hall–Kier alpha value is -2.75. The highest BCUT2D eigenvalue weighted by Crippen LogP contribution is 2.24. The van der Waals surface area contributed by atoms with Crippen LogP contribution in [0.15, 0.2) is 54.6 Å². The van der Waals surface area contributed by atoms with Gasteiger partial charge in [-0.25, -0.2) is 0 Å². The summed E-state index contributed by atoms with van der Waals surface area (Å²) in [5, 5.41) is 11.8. The molecule has 0 atom stereocenters. The number of aromatic nitrogens is 1. The smallest absolute Gasteiger partial charge is 0.258 e. The molecule has 3 aromatic rings. The molecule has 0 aliphatic carbocycles. The van der Waals surface area contributed by atoms with Gasteiger partial charge in [0.05, 0.1) is 10.4 Å². The lowest BCUT2D eigenvalue weighted by atomic mass is 9.86. The molecule has 4 heteroatoms. The standard InChI is InChI=1S/C20H20N2O2/c1-20(2,3)16-8-4-14(5-9-16)12-17-10-6-15-7-11-18(22(23)24)13-19(15)21-17/h4-11,13H,12H2,1-3H3. The van der Waals surface area contributed by atoms with Crippen LogP contribution >= 0.6 is 0 Å². The van der Waals surface area contributed by atoms with Gasteiger partial charge in [0.2, 0.25) is 0 Å². The minimum Gasteiger partial charge on any atom is -0.258 e. The summed E-state index contributed by atoms with van der Waals surface area (Å²) in [6, 6.07) is 17.3. The third-order valence-electron chi connectivity index (χ3n) is 4.15. The monoisotopic (exact) mass is 320 g/mol. The highest BCUT2D eigenvalue weighted by atomic mass is 16.6. The second-order valence-electron chi connectivity index (χ2n) is 7.06. The Morgan fingerprint density at radius 3 is 2.29 bits per heavy atom. The normalized spacial score (nSPS) is 11.6. The average Bonchev–Trinajstić information content (AvgIpc) is 2.54. The van der Waals surface area contributed by atoms with E-state index in [4.69, 9.17) is 0 Å². The number of hydrogen-bond donors (Lipinski definition) is 0. The molecule has 1 heterocycles. The number of nitro benzene ring substituents is 1. The molecular weight excluding hydrogens is 300 g/mol. The summed E-state index contributed by atoms with van der Waals surface area (Å²) in [6.45, 7) is 6.58. The summed E-state index contributed by atoms with van der Waals surface area (Å²) in [5.41, 5.74) is 4.26. The molecule has 4 nitrogen and oxygen atoms in total. The number of pyridine rings is 1. The van der Waals surface area contributed by atoms with Crippen molar-refractivity contribution in [3.63, 3.8) is 0 Å². The second-order valence-corrected chi connectivity index (χ2v) is 7.06. The van der Waals surface area contributed by atoms with Crippen LogP contribution in [0.5, 0.6) is 0 Å². The molecule has 24 heavy (non-hydrogen) atoms. The maximum Gasteiger partial charge on any atom is 0.271 e. The lowest BCUT2D eigenvalue weighted by Crippen LogP contribution is -2.10. The Morgan fingerprint density at radius 1 is 1.00 bits per heavy atom. The minimum absolute atomic E-state index is 0.0710. The molecule has 122 valence electrons. The Labute approximate surface area is 141 Å². The zero-order chi connectivity index (χ0) is 17.3. The molecule has 0 bridgehead atoms. The highest BCUT2D eigenvalue weighted by molar-refractivity contribution is 5.81. The van der Waals surface area contributed by atoms with Crippen LogP contribution in [0, 0.1) is 10.1 Å².